The predicted octanol–water partition coefficient (Wildman–Crippen LogP) is 5.78. The van der Waals surface area contributed by atoms with Gasteiger partial charge in [0.25, 0.3) is 8.32 Å². The van der Waals surface area contributed by atoms with E-state index in [1.165, 1.54) is 10.4 Å². The lowest BCUT2D eigenvalue weighted by molar-refractivity contribution is -0.186. The third-order valence-electron chi connectivity index (χ3n) is 8.96. The van der Waals surface area contributed by atoms with Gasteiger partial charge in [-0.1, -0.05) is 113 Å². The Morgan fingerprint density at radius 1 is 1.03 bits per heavy atom. The third-order valence-corrected chi connectivity index (χ3v) is 14.0. The lowest BCUT2D eigenvalue weighted by Gasteiger charge is -2.63. The molecular formula is C31H38O2Si. The van der Waals surface area contributed by atoms with Crippen molar-refractivity contribution >= 4 is 18.7 Å². The second kappa shape index (κ2) is 8.19. The Morgan fingerprint density at radius 2 is 1.62 bits per heavy atom. The Hall–Kier alpha value is -2.20. The summed E-state index contributed by atoms with van der Waals surface area (Å²) in [6.45, 7) is 13.3. The second-order valence-electron chi connectivity index (χ2n) is 11.6. The molecule has 0 aliphatic heterocycles. The van der Waals surface area contributed by atoms with Crippen LogP contribution in [0.1, 0.15) is 47.0 Å². The van der Waals surface area contributed by atoms with E-state index in [2.05, 4.69) is 113 Å². The van der Waals surface area contributed by atoms with E-state index in [0.29, 0.717) is 5.92 Å². The molecule has 2 nitrogen and oxygen atoms in total. The molecule has 2 aromatic carbocycles. The Kier molecular flexibility index (Phi) is 5.67. The number of fused-ring (bicyclic) bond motifs is 1. The van der Waals surface area contributed by atoms with E-state index in [0.717, 1.165) is 24.8 Å². The summed E-state index contributed by atoms with van der Waals surface area (Å²) in [4.78, 5) is 0. The molecule has 3 aliphatic carbocycles. The van der Waals surface area contributed by atoms with Gasteiger partial charge in [-0.3, -0.25) is 0 Å². The smallest absolute Gasteiger partial charge is 0.261 e. The number of allylic oxidation sites excluding steroid dienone is 2. The molecule has 0 aromatic heterocycles. The van der Waals surface area contributed by atoms with Crippen LogP contribution in [0.4, 0.5) is 0 Å². The van der Waals surface area contributed by atoms with Crippen molar-refractivity contribution in [2.75, 3.05) is 0 Å². The van der Waals surface area contributed by atoms with Gasteiger partial charge in [0, 0.05) is 11.3 Å². The van der Waals surface area contributed by atoms with Crippen LogP contribution in [0, 0.1) is 17.3 Å². The molecule has 0 saturated heterocycles. The van der Waals surface area contributed by atoms with Gasteiger partial charge in [0.05, 0.1) is 11.7 Å². The molecule has 5 rings (SSSR count). The summed E-state index contributed by atoms with van der Waals surface area (Å²) < 4.78 is 7.35. The summed E-state index contributed by atoms with van der Waals surface area (Å²) in [5, 5.41) is 14.6. The van der Waals surface area contributed by atoms with Gasteiger partial charge < -0.3 is 9.53 Å². The third kappa shape index (κ3) is 3.13. The van der Waals surface area contributed by atoms with Gasteiger partial charge in [-0.2, -0.15) is 0 Å². The molecule has 2 aromatic rings. The SMILES string of the molecule is C=C[C@]1(C)[C@H]2C=CC[C@H]2[C@]1(O)C1=C[C@@H](O[Si](c2ccccc2)(c2ccccc2)C(C)(C)C)CC1. The van der Waals surface area contributed by atoms with E-state index in [-0.39, 0.29) is 22.5 Å². The molecule has 1 saturated carbocycles. The van der Waals surface area contributed by atoms with Gasteiger partial charge in [0.15, 0.2) is 0 Å². The topological polar surface area (TPSA) is 29.5 Å². The molecule has 3 aliphatic rings. The van der Waals surface area contributed by atoms with Gasteiger partial charge in [-0.25, -0.2) is 0 Å². The molecule has 178 valence electrons. The van der Waals surface area contributed by atoms with Gasteiger partial charge in [-0.05, 0) is 46.2 Å². The molecule has 1 fully saturated rings. The van der Waals surface area contributed by atoms with E-state index >= 15 is 0 Å². The first-order valence-corrected chi connectivity index (χ1v) is 14.6. The van der Waals surface area contributed by atoms with Crippen LogP contribution in [0.5, 0.6) is 0 Å². The van der Waals surface area contributed by atoms with Crippen LogP contribution >= 0.6 is 0 Å². The molecule has 0 amide bonds. The first kappa shape index (κ1) is 23.5. The van der Waals surface area contributed by atoms with Crippen LogP contribution in [0.3, 0.4) is 0 Å². The Balaban J connectivity index is 1.56. The maximum Gasteiger partial charge on any atom is 0.261 e. The highest BCUT2D eigenvalue weighted by Gasteiger charge is 2.69. The average molecular weight is 471 g/mol. The van der Waals surface area contributed by atoms with Crippen molar-refractivity contribution in [1.29, 1.82) is 0 Å². The zero-order chi connectivity index (χ0) is 24.2. The lowest BCUT2D eigenvalue weighted by atomic mass is 9.43. The van der Waals surface area contributed by atoms with Gasteiger partial charge in [0.1, 0.15) is 0 Å². The van der Waals surface area contributed by atoms with E-state index in [1.54, 1.807) is 0 Å². The number of rotatable bonds is 6. The first-order valence-electron chi connectivity index (χ1n) is 12.7. The van der Waals surface area contributed by atoms with Crippen molar-refractivity contribution in [2.45, 2.75) is 63.7 Å². The zero-order valence-electron chi connectivity index (χ0n) is 21.0. The molecule has 0 radical (unpaired) electrons. The molecular weight excluding hydrogens is 432 g/mol. The molecule has 0 spiro atoms. The molecule has 3 heteroatoms. The maximum atomic E-state index is 12.1. The summed E-state index contributed by atoms with van der Waals surface area (Å²) in [6.07, 6.45) is 11.5. The minimum atomic E-state index is -2.62. The van der Waals surface area contributed by atoms with Crippen LogP contribution in [-0.4, -0.2) is 25.1 Å². The predicted molar refractivity (Wildman–Crippen MR) is 144 cm³/mol. The minimum absolute atomic E-state index is 0.00666. The maximum absolute atomic E-state index is 12.1. The molecule has 5 atom stereocenters. The number of benzene rings is 2. The van der Waals surface area contributed by atoms with Gasteiger partial charge >= 0.3 is 0 Å². The normalized spacial score (nSPS) is 32.7. The quantitative estimate of drug-likeness (QED) is 0.428. The van der Waals surface area contributed by atoms with Crippen molar-refractivity contribution in [3.05, 3.63) is 97.1 Å². The highest BCUT2D eigenvalue weighted by atomic mass is 28.4. The summed E-state index contributed by atoms with van der Waals surface area (Å²) in [5.74, 6) is 0.640. The average Bonchev–Trinajstić information content (AvgIpc) is 3.51. The second-order valence-corrected chi connectivity index (χ2v) is 15.9. The Labute approximate surface area is 206 Å². The largest absolute Gasteiger partial charge is 0.401 e. The molecule has 0 bridgehead atoms. The van der Waals surface area contributed by atoms with Crippen molar-refractivity contribution in [3.63, 3.8) is 0 Å². The number of hydrogen-bond donors (Lipinski definition) is 1. The van der Waals surface area contributed by atoms with Crippen LogP contribution < -0.4 is 10.4 Å². The first-order chi connectivity index (χ1) is 16.2. The van der Waals surface area contributed by atoms with Crippen LogP contribution in [0.15, 0.2) is 97.1 Å². The zero-order valence-corrected chi connectivity index (χ0v) is 22.0. The number of hydrogen-bond acceptors (Lipinski definition) is 2. The lowest BCUT2D eigenvalue weighted by Crippen LogP contribution is -2.68. The van der Waals surface area contributed by atoms with Crippen LogP contribution in [0.25, 0.3) is 0 Å². The van der Waals surface area contributed by atoms with E-state index in [1.807, 2.05) is 6.08 Å². The van der Waals surface area contributed by atoms with Gasteiger partial charge in [0.2, 0.25) is 0 Å². The highest BCUT2D eigenvalue weighted by Crippen LogP contribution is 2.67. The summed E-state index contributed by atoms with van der Waals surface area (Å²) >= 11 is 0. The monoisotopic (exact) mass is 470 g/mol. The molecule has 0 heterocycles. The van der Waals surface area contributed by atoms with Crippen molar-refractivity contribution < 1.29 is 9.53 Å². The highest BCUT2D eigenvalue weighted by molar-refractivity contribution is 6.99. The van der Waals surface area contributed by atoms with E-state index < -0.39 is 13.9 Å². The fraction of sp³-hybridized carbons (Fsp3) is 0.419. The van der Waals surface area contributed by atoms with Crippen molar-refractivity contribution in [2.24, 2.45) is 17.3 Å². The minimum Gasteiger partial charge on any atom is -0.401 e. The van der Waals surface area contributed by atoms with Crippen molar-refractivity contribution in [1.82, 2.24) is 0 Å². The van der Waals surface area contributed by atoms with Crippen LogP contribution in [0.2, 0.25) is 5.04 Å². The van der Waals surface area contributed by atoms with E-state index in [9.17, 15) is 5.11 Å². The molecule has 34 heavy (non-hydrogen) atoms. The summed E-state index contributed by atoms with van der Waals surface area (Å²) in [5.41, 5.74) is 0.0118. The summed E-state index contributed by atoms with van der Waals surface area (Å²) in [6, 6.07) is 21.7. The van der Waals surface area contributed by atoms with Crippen molar-refractivity contribution in [3.8, 4) is 0 Å². The summed E-state index contributed by atoms with van der Waals surface area (Å²) in [7, 11) is -2.62. The number of aliphatic hydroxyl groups is 1. The standard InChI is InChI=1S/C31H38O2Si/c1-6-30(5)27-18-13-19-28(27)31(30,32)23-20-21-24(22-23)33-34(29(2,3)4,25-14-9-7-10-15-25)26-16-11-8-12-17-26/h6-18,22,24,27-28,32H,1,19-21H2,2-5H3/t24-,27-,28+,30+,31+/m0/s1. The molecule has 0 unspecified atom stereocenters. The van der Waals surface area contributed by atoms with E-state index in [4.69, 9.17) is 4.43 Å². The Morgan fingerprint density at radius 3 is 2.15 bits per heavy atom. The fourth-order valence-electron chi connectivity index (χ4n) is 7.15. The molecule has 1 N–H and O–H groups in total. The van der Waals surface area contributed by atoms with Crippen LogP contribution in [-0.2, 0) is 4.43 Å². The fourth-order valence-corrected chi connectivity index (χ4v) is 11.8. The van der Waals surface area contributed by atoms with Gasteiger partial charge in [-0.15, -0.1) is 6.58 Å². The Bertz CT molecular complexity index is 1070.